The molecule has 5 rings (SSSR count). The number of hydrogen-bond acceptors (Lipinski definition) is 6. The summed E-state index contributed by atoms with van der Waals surface area (Å²) in [5.41, 5.74) is 1.64. The van der Waals surface area contributed by atoms with Gasteiger partial charge in [-0.15, -0.1) is 0 Å². The molecule has 0 bridgehead atoms. The second kappa shape index (κ2) is 7.90. The summed E-state index contributed by atoms with van der Waals surface area (Å²) in [6, 6.07) is 23.6. The van der Waals surface area contributed by atoms with Gasteiger partial charge in [-0.05, 0) is 23.8 Å². The molecule has 2 fully saturated rings. The van der Waals surface area contributed by atoms with Gasteiger partial charge in [0.25, 0.3) is 11.6 Å². The smallest absolute Gasteiger partial charge is 0.274 e. The molecule has 8 nitrogen and oxygen atoms in total. The Morgan fingerprint density at radius 2 is 1.47 bits per heavy atom. The van der Waals surface area contributed by atoms with Gasteiger partial charge in [0.1, 0.15) is 12.0 Å². The van der Waals surface area contributed by atoms with E-state index in [0.717, 1.165) is 5.56 Å². The number of imide groups is 1. The lowest BCUT2D eigenvalue weighted by Gasteiger charge is -2.28. The van der Waals surface area contributed by atoms with E-state index in [0.29, 0.717) is 11.3 Å². The van der Waals surface area contributed by atoms with Crippen molar-refractivity contribution in [2.75, 3.05) is 5.06 Å². The van der Waals surface area contributed by atoms with Crippen LogP contribution in [0.3, 0.4) is 0 Å². The number of nitro benzene ring substituents is 1. The molecule has 0 aliphatic carbocycles. The number of benzene rings is 3. The minimum Gasteiger partial charge on any atom is -0.275 e. The van der Waals surface area contributed by atoms with Crippen molar-refractivity contribution >= 4 is 23.2 Å². The van der Waals surface area contributed by atoms with Crippen LogP contribution in [0.1, 0.15) is 17.2 Å². The van der Waals surface area contributed by atoms with Crippen LogP contribution in [0.2, 0.25) is 0 Å². The Kier molecular flexibility index (Phi) is 4.91. The van der Waals surface area contributed by atoms with Crippen molar-refractivity contribution in [3.63, 3.8) is 0 Å². The molecule has 2 heterocycles. The van der Waals surface area contributed by atoms with Crippen LogP contribution in [0.4, 0.5) is 11.4 Å². The molecule has 0 radical (unpaired) electrons. The number of hydrogen-bond donors (Lipinski definition) is 0. The summed E-state index contributed by atoms with van der Waals surface area (Å²) in [5.74, 6) is -1.73. The van der Waals surface area contributed by atoms with Gasteiger partial charge in [0, 0.05) is 6.07 Å². The molecule has 0 spiro atoms. The van der Waals surface area contributed by atoms with Crippen molar-refractivity contribution in [3.8, 4) is 0 Å². The van der Waals surface area contributed by atoms with Crippen LogP contribution < -0.4 is 5.06 Å². The summed E-state index contributed by atoms with van der Waals surface area (Å²) < 4.78 is 0. The number of fused-ring (bicyclic) bond motifs is 1. The minimum absolute atomic E-state index is 0.121. The Balaban J connectivity index is 1.58. The molecule has 2 aliphatic heterocycles. The molecule has 2 amide bonds. The highest BCUT2D eigenvalue weighted by Crippen LogP contribution is 2.48. The molecule has 3 atom stereocenters. The lowest BCUT2D eigenvalue weighted by molar-refractivity contribution is -0.385. The van der Waals surface area contributed by atoms with E-state index in [2.05, 4.69) is 0 Å². The molecule has 0 aromatic heterocycles. The third-order valence-corrected chi connectivity index (χ3v) is 5.85. The zero-order valence-corrected chi connectivity index (χ0v) is 16.9. The predicted octanol–water partition coefficient (Wildman–Crippen LogP) is 3.64. The first-order valence-electron chi connectivity index (χ1n) is 10.2. The summed E-state index contributed by atoms with van der Waals surface area (Å²) in [7, 11) is 0. The first-order chi connectivity index (χ1) is 15.6. The van der Waals surface area contributed by atoms with E-state index in [1.54, 1.807) is 42.5 Å². The molecule has 0 unspecified atom stereocenters. The molecule has 3 aromatic rings. The standard InChI is InChI=1S/C24H19N3O5/c28-23-20-21(18-13-7-8-14-19(18)27(30)31)26(17-11-5-2-6-12-17)32-22(20)24(29)25(23)15-16-9-3-1-4-10-16/h1-14,20-22H,15H2/t20-,21+,22+/m1/s1. The minimum atomic E-state index is -1.05. The molecular formula is C24H19N3O5. The van der Waals surface area contributed by atoms with Crippen molar-refractivity contribution in [1.29, 1.82) is 0 Å². The largest absolute Gasteiger partial charge is 0.275 e. The number of amides is 2. The number of para-hydroxylation sites is 2. The molecule has 2 saturated heterocycles. The van der Waals surface area contributed by atoms with Crippen molar-refractivity contribution in [2.24, 2.45) is 5.92 Å². The number of nitro groups is 1. The Bertz CT molecular complexity index is 1180. The first-order valence-corrected chi connectivity index (χ1v) is 10.2. The molecule has 8 heteroatoms. The summed E-state index contributed by atoms with van der Waals surface area (Å²) in [6.07, 6.45) is -1.05. The SMILES string of the molecule is O=C1[C@H]2[C@H](ON(c3ccccc3)[C@H]2c2ccccc2[N+](=O)[O-])C(=O)N1Cc1ccccc1. The van der Waals surface area contributed by atoms with Crippen LogP contribution in [-0.2, 0) is 21.0 Å². The second-order valence-electron chi connectivity index (χ2n) is 7.72. The van der Waals surface area contributed by atoms with Gasteiger partial charge in [-0.2, -0.15) is 0 Å². The molecule has 32 heavy (non-hydrogen) atoms. The summed E-state index contributed by atoms with van der Waals surface area (Å²) in [4.78, 5) is 45.1. The number of carbonyl (C=O) groups excluding carboxylic acids is 2. The Labute approximate surface area is 183 Å². The number of nitrogens with zero attached hydrogens (tertiary/aromatic N) is 3. The van der Waals surface area contributed by atoms with Gasteiger partial charge in [-0.25, -0.2) is 5.06 Å². The maximum Gasteiger partial charge on any atom is 0.274 e. The number of carbonyl (C=O) groups is 2. The molecule has 0 saturated carbocycles. The highest BCUT2D eigenvalue weighted by Gasteiger charge is 2.60. The van der Waals surface area contributed by atoms with Crippen LogP contribution in [0.15, 0.2) is 84.9 Å². The van der Waals surface area contributed by atoms with E-state index in [9.17, 15) is 19.7 Å². The zero-order valence-electron chi connectivity index (χ0n) is 16.9. The van der Waals surface area contributed by atoms with Gasteiger partial charge >= 0.3 is 0 Å². The number of hydroxylamine groups is 1. The van der Waals surface area contributed by atoms with Gasteiger partial charge in [-0.1, -0.05) is 60.7 Å². The third kappa shape index (κ3) is 3.21. The summed E-state index contributed by atoms with van der Waals surface area (Å²) in [6.45, 7) is 0.129. The molecule has 160 valence electrons. The molecule has 3 aromatic carbocycles. The molecular weight excluding hydrogens is 410 g/mol. The van der Waals surface area contributed by atoms with Crippen LogP contribution >= 0.6 is 0 Å². The zero-order chi connectivity index (χ0) is 22.2. The van der Waals surface area contributed by atoms with Gasteiger partial charge < -0.3 is 0 Å². The van der Waals surface area contributed by atoms with Gasteiger partial charge in [0.05, 0.1) is 22.7 Å². The van der Waals surface area contributed by atoms with Crippen LogP contribution in [0.25, 0.3) is 0 Å². The maximum atomic E-state index is 13.5. The van der Waals surface area contributed by atoms with Crippen LogP contribution in [0, 0.1) is 16.0 Å². The van der Waals surface area contributed by atoms with Crippen molar-refractivity contribution in [3.05, 3.63) is 106 Å². The fourth-order valence-corrected chi connectivity index (χ4v) is 4.41. The van der Waals surface area contributed by atoms with E-state index >= 15 is 0 Å². The van der Waals surface area contributed by atoms with E-state index in [-0.39, 0.29) is 12.2 Å². The topological polar surface area (TPSA) is 93.0 Å². The lowest BCUT2D eigenvalue weighted by Crippen LogP contribution is -2.37. The predicted molar refractivity (Wildman–Crippen MR) is 115 cm³/mol. The second-order valence-corrected chi connectivity index (χ2v) is 7.72. The van der Waals surface area contributed by atoms with E-state index in [1.165, 1.54) is 16.0 Å². The fraction of sp³-hybridized carbons (Fsp3) is 0.167. The van der Waals surface area contributed by atoms with E-state index in [1.807, 2.05) is 36.4 Å². The number of anilines is 1. The Hall–Kier alpha value is -4.04. The van der Waals surface area contributed by atoms with Crippen molar-refractivity contribution < 1.29 is 19.3 Å². The Morgan fingerprint density at radius 1 is 0.844 bits per heavy atom. The number of rotatable bonds is 5. The van der Waals surface area contributed by atoms with Gasteiger partial charge in [-0.3, -0.25) is 29.4 Å². The maximum absolute atomic E-state index is 13.5. The highest BCUT2D eigenvalue weighted by atomic mass is 16.7. The quantitative estimate of drug-likeness (QED) is 0.349. The average molecular weight is 429 g/mol. The normalized spacial score (nSPS) is 22.3. The van der Waals surface area contributed by atoms with Crippen molar-refractivity contribution in [2.45, 2.75) is 18.7 Å². The fourth-order valence-electron chi connectivity index (χ4n) is 4.41. The van der Waals surface area contributed by atoms with E-state index in [4.69, 9.17) is 4.84 Å². The highest BCUT2D eigenvalue weighted by molar-refractivity contribution is 6.07. The van der Waals surface area contributed by atoms with Gasteiger partial charge in [0.15, 0.2) is 6.10 Å². The monoisotopic (exact) mass is 429 g/mol. The third-order valence-electron chi connectivity index (χ3n) is 5.85. The van der Waals surface area contributed by atoms with Crippen LogP contribution in [-0.4, -0.2) is 27.7 Å². The van der Waals surface area contributed by atoms with Crippen LogP contribution in [0.5, 0.6) is 0 Å². The molecule has 2 aliphatic rings. The number of likely N-dealkylation sites (tertiary alicyclic amines) is 1. The first kappa shape index (κ1) is 19.9. The average Bonchev–Trinajstić information content (AvgIpc) is 3.32. The van der Waals surface area contributed by atoms with Gasteiger partial charge in [0.2, 0.25) is 5.91 Å². The van der Waals surface area contributed by atoms with E-state index < -0.39 is 34.8 Å². The van der Waals surface area contributed by atoms with Crippen molar-refractivity contribution in [1.82, 2.24) is 4.90 Å². The Morgan fingerprint density at radius 3 is 2.16 bits per heavy atom. The molecule has 0 N–H and O–H groups in total. The summed E-state index contributed by atoms with van der Waals surface area (Å²) >= 11 is 0. The lowest BCUT2D eigenvalue weighted by atomic mass is 9.89. The summed E-state index contributed by atoms with van der Waals surface area (Å²) in [5, 5.41) is 13.2.